The molecule has 1 saturated carbocycles. The van der Waals surface area contributed by atoms with Gasteiger partial charge in [-0.2, -0.15) is 4.98 Å². The molecule has 7 heteroatoms. The van der Waals surface area contributed by atoms with E-state index >= 15 is 0 Å². The second kappa shape index (κ2) is 10.4. The Kier molecular flexibility index (Phi) is 7.33. The maximum Gasteiger partial charge on any atom is 0.225 e. The van der Waals surface area contributed by atoms with E-state index in [-0.39, 0.29) is 5.75 Å². The number of fused-ring (bicyclic) bond motifs is 1. The Morgan fingerprint density at radius 2 is 1.72 bits per heavy atom. The highest BCUT2D eigenvalue weighted by atomic mass is 35.5. The predicted octanol–water partition coefficient (Wildman–Crippen LogP) is 5.06. The summed E-state index contributed by atoms with van der Waals surface area (Å²) in [6, 6.07) is 13.3. The predicted molar refractivity (Wildman–Crippen MR) is 133 cm³/mol. The normalized spacial score (nSPS) is 18.6. The lowest BCUT2D eigenvalue weighted by molar-refractivity contribution is 0.275. The van der Waals surface area contributed by atoms with E-state index in [4.69, 9.17) is 21.6 Å². The Morgan fingerprint density at radius 3 is 2.44 bits per heavy atom. The van der Waals surface area contributed by atoms with Gasteiger partial charge in [0.2, 0.25) is 5.95 Å². The zero-order valence-corrected chi connectivity index (χ0v) is 19.6. The van der Waals surface area contributed by atoms with Crippen molar-refractivity contribution in [1.29, 1.82) is 0 Å². The van der Waals surface area contributed by atoms with Crippen LogP contribution in [0.1, 0.15) is 31.2 Å². The van der Waals surface area contributed by atoms with Crippen molar-refractivity contribution in [1.82, 2.24) is 15.3 Å². The van der Waals surface area contributed by atoms with Gasteiger partial charge in [0.05, 0.1) is 5.52 Å². The summed E-state index contributed by atoms with van der Waals surface area (Å²) in [5.41, 5.74) is 1.99. The van der Waals surface area contributed by atoms with Crippen molar-refractivity contribution >= 4 is 34.3 Å². The number of halogens is 1. The number of hydrogen-bond donors (Lipinski definition) is 3. The van der Waals surface area contributed by atoms with Crippen LogP contribution in [0.5, 0.6) is 5.75 Å². The largest absolute Gasteiger partial charge is 0.508 e. The molecular weight excluding hydrogens is 422 g/mol. The molecule has 1 heterocycles. The number of phenolic OH excluding ortho intramolecular Hbond substituents is 1. The first-order chi connectivity index (χ1) is 15.5. The van der Waals surface area contributed by atoms with E-state index in [2.05, 4.69) is 16.7 Å². The molecule has 0 atom stereocenters. The van der Waals surface area contributed by atoms with Gasteiger partial charge in [-0.1, -0.05) is 29.8 Å². The molecule has 1 aliphatic carbocycles. The van der Waals surface area contributed by atoms with Gasteiger partial charge in [0.15, 0.2) is 0 Å². The van der Waals surface area contributed by atoms with E-state index in [1.807, 2.05) is 43.3 Å². The molecule has 170 valence electrons. The van der Waals surface area contributed by atoms with Crippen LogP contribution < -0.4 is 15.5 Å². The van der Waals surface area contributed by atoms with Crippen LogP contribution in [-0.2, 0) is 6.54 Å². The van der Waals surface area contributed by atoms with Gasteiger partial charge >= 0.3 is 0 Å². The molecule has 0 unspecified atom stereocenters. The first-order valence-electron chi connectivity index (χ1n) is 11.4. The number of nitrogens with zero attached hydrogens (tertiary/aromatic N) is 3. The van der Waals surface area contributed by atoms with Crippen LogP contribution in [0.4, 0.5) is 11.8 Å². The molecule has 2 aromatic carbocycles. The van der Waals surface area contributed by atoms with Crippen molar-refractivity contribution in [2.24, 2.45) is 11.8 Å². The van der Waals surface area contributed by atoms with Gasteiger partial charge in [0.1, 0.15) is 11.6 Å². The molecule has 6 nitrogen and oxygen atoms in total. The van der Waals surface area contributed by atoms with Gasteiger partial charge in [-0.15, -0.1) is 0 Å². The Bertz CT molecular complexity index is 1050. The summed E-state index contributed by atoms with van der Waals surface area (Å²) in [7, 11) is 4.03. The molecule has 4 rings (SSSR count). The van der Waals surface area contributed by atoms with Crippen LogP contribution in [0.2, 0.25) is 5.02 Å². The van der Waals surface area contributed by atoms with Crippen LogP contribution in [-0.4, -0.2) is 42.3 Å². The highest BCUT2D eigenvalue weighted by molar-refractivity contribution is 6.31. The van der Waals surface area contributed by atoms with Crippen molar-refractivity contribution in [3.05, 3.63) is 53.1 Å². The van der Waals surface area contributed by atoms with Crippen molar-refractivity contribution < 1.29 is 5.11 Å². The van der Waals surface area contributed by atoms with E-state index in [0.717, 1.165) is 41.9 Å². The summed E-state index contributed by atoms with van der Waals surface area (Å²) in [6.45, 7) is 2.64. The first-order valence-corrected chi connectivity index (χ1v) is 11.7. The highest BCUT2D eigenvalue weighted by Crippen LogP contribution is 2.29. The lowest BCUT2D eigenvalue weighted by Crippen LogP contribution is -2.28. The van der Waals surface area contributed by atoms with Crippen molar-refractivity contribution in [3.8, 4) is 5.75 Å². The molecule has 0 radical (unpaired) electrons. The van der Waals surface area contributed by atoms with Crippen LogP contribution in [0.15, 0.2) is 42.5 Å². The minimum absolute atomic E-state index is 0.206. The summed E-state index contributed by atoms with van der Waals surface area (Å²) < 4.78 is 0. The molecule has 3 N–H and O–H groups in total. The molecule has 0 aliphatic heterocycles. The quantitative estimate of drug-likeness (QED) is 0.442. The number of rotatable bonds is 8. The maximum atomic E-state index is 9.47. The second-order valence-corrected chi connectivity index (χ2v) is 9.36. The number of para-hydroxylation sites is 1. The minimum atomic E-state index is 0.206. The van der Waals surface area contributed by atoms with Crippen LogP contribution >= 0.6 is 11.6 Å². The smallest absolute Gasteiger partial charge is 0.225 e. The first kappa shape index (κ1) is 22.6. The number of phenols is 1. The molecule has 0 saturated heterocycles. The molecule has 32 heavy (non-hydrogen) atoms. The fourth-order valence-corrected chi connectivity index (χ4v) is 4.69. The third-order valence-electron chi connectivity index (χ3n) is 6.31. The lowest BCUT2D eigenvalue weighted by Gasteiger charge is -2.29. The Morgan fingerprint density at radius 1 is 1.00 bits per heavy atom. The van der Waals surface area contributed by atoms with Gasteiger partial charge in [-0.05, 0) is 73.9 Å². The minimum Gasteiger partial charge on any atom is -0.508 e. The summed E-state index contributed by atoms with van der Waals surface area (Å²) in [5, 5.41) is 18.2. The zero-order chi connectivity index (χ0) is 22.5. The van der Waals surface area contributed by atoms with Crippen molar-refractivity contribution in [2.45, 2.75) is 32.2 Å². The molecular formula is C25H32ClN5O. The van der Waals surface area contributed by atoms with Gasteiger partial charge in [0, 0.05) is 37.6 Å². The zero-order valence-electron chi connectivity index (χ0n) is 18.8. The SMILES string of the molecule is CN(C)c1nc(NCC2CCC(CNCc3ccc(O)cc3Cl)CC2)nc2ccccc12. The molecule has 1 aliphatic rings. The Labute approximate surface area is 195 Å². The third-order valence-corrected chi connectivity index (χ3v) is 6.66. The molecule has 3 aromatic rings. The number of aromatic nitrogens is 2. The van der Waals surface area contributed by atoms with Crippen LogP contribution in [0, 0.1) is 11.8 Å². The molecule has 1 aromatic heterocycles. The Hall–Kier alpha value is -2.57. The number of hydrogen-bond acceptors (Lipinski definition) is 6. The number of nitrogens with one attached hydrogen (secondary N) is 2. The molecule has 0 amide bonds. The van der Waals surface area contributed by atoms with Gasteiger partial charge in [-0.3, -0.25) is 0 Å². The van der Waals surface area contributed by atoms with Gasteiger partial charge in [0.25, 0.3) is 0 Å². The highest BCUT2D eigenvalue weighted by Gasteiger charge is 2.21. The van der Waals surface area contributed by atoms with Gasteiger partial charge in [-0.25, -0.2) is 4.98 Å². The van der Waals surface area contributed by atoms with E-state index in [0.29, 0.717) is 22.8 Å². The van der Waals surface area contributed by atoms with E-state index in [1.54, 1.807) is 12.1 Å². The second-order valence-electron chi connectivity index (χ2n) is 8.96. The monoisotopic (exact) mass is 453 g/mol. The molecule has 1 fully saturated rings. The van der Waals surface area contributed by atoms with E-state index in [9.17, 15) is 5.11 Å². The van der Waals surface area contributed by atoms with Crippen molar-refractivity contribution in [2.75, 3.05) is 37.4 Å². The van der Waals surface area contributed by atoms with E-state index in [1.165, 1.54) is 25.7 Å². The lowest BCUT2D eigenvalue weighted by atomic mass is 9.82. The summed E-state index contributed by atoms with van der Waals surface area (Å²) >= 11 is 6.19. The summed E-state index contributed by atoms with van der Waals surface area (Å²) in [6.07, 6.45) is 4.88. The number of anilines is 2. The number of aromatic hydroxyl groups is 1. The molecule has 0 spiro atoms. The standard InChI is InChI=1S/C25H32ClN5O/c1-31(2)24-21-5-3-4-6-23(21)29-25(30-24)28-15-18-9-7-17(8-10-18)14-27-16-19-11-12-20(32)13-22(19)26/h3-6,11-13,17-18,27,32H,7-10,14-16H2,1-2H3,(H,28,29,30). The van der Waals surface area contributed by atoms with Crippen LogP contribution in [0.25, 0.3) is 10.9 Å². The fourth-order valence-electron chi connectivity index (χ4n) is 4.45. The topological polar surface area (TPSA) is 73.3 Å². The summed E-state index contributed by atoms with van der Waals surface area (Å²) in [4.78, 5) is 11.5. The average molecular weight is 454 g/mol. The maximum absolute atomic E-state index is 9.47. The summed E-state index contributed by atoms with van der Waals surface area (Å²) in [5.74, 6) is 3.20. The fraction of sp³-hybridized carbons (Fsp3) is 0.440. The number of benzene rings is 2. The molecule has 0 bridgehead atoms. The Balaban J connectivity index is 1.24. The third kappa shape index (κ3) is 5.61. The van der Waals surface area contributed by atoms with Gasteiger partial charge < -0.3 is 20.6 Å². The van der Waals surface area contributed by atoms with Crippen LogP contribution in [0.3, 0.4) is 0 Å². The average Bonchev–Trinajstić information content (AvgIpc) is 2.79. The van der Waals surface area contributed by atoms with Crippen molar-refractivity contribution in [3.63, 3.8) is 0 Å². The van der Waals surface area contributed by atoms with E-state index < -0.39 is 0 Å².